The van der Waals surface area contributed by atoms with Gasteiger partial charge >= 0.3 is 0 Å². The summed E-state index contributed by atoms with van der Waals surface area (Å²) in [7, 11) is 0. The van der Waals surface area contributed by atoms with Crippen LogP contribution in [-0.4, -0.2) is 5.78 Å². The van der Waals surface area contributed by atoms with Gasteiger partial charge < -0.3 is 0 Å². The zero-order valence-corrected chi connectivity index (χ0v) is 13.8. The van der Waals surface area contributed by atoms with Crippen molar-refractivity contribution >= 4 is 5.78 Å². The van der Waals surface area contributed by atoms with Crippen LogP contribution < -0.4 is 0 Å². The highest BCUT2D eigenvalue weighted by atomic mass is 16.1. The van der Waals surface area contributed by atoms with Gasteiger partial charge in [0.15, 0.2) is 5.78 Å². The summed E-state index contributed by atoms with van der Waals surface area (Å²) in [6, 6.07) is 0. The number of ketones is 1. The second kappa shape index (κ2) is 6.91. The van der Waals surface area contributed by atoms with Gasteiger partial charge in [-0.15, -0.1) is 0 Å². The summed E-state index contributed by atoms with van der Waals surface area (Å²) in [5.74, 6) is 4.52. The first-order valence-electron chi connectivity index (χ1n) is 8.69. The van der Waals surface area contributed by atoms with Crippen molar-refractivity contribution in [2.75, 3.05) is 0 Å². The zero-order chi connectivity index (χ0) is 14.7. The van der Waals surface area contributed by atoms with Gasteiger partial charge in [0.1, 0.15) is 0 Å². The van der Waals surface area contributed by atoms with E-state index in [4.69, 9.17) is 0 Å². The van der Waals surface area contributed by atoms with Crippen LogP contribution in [0.4, 0.5) is 0 Å². The summed E-state index contributed by atoms with van der Waals surface area (Å²) in [6.45, 7) is 9.35. The number of rotatable bonds is 3. The van der Waals surface area contributed by atoms with E-state index in [1.807, 2.05) is 6.08 Å². The predicted molar refractivity (Wildman–Crippen MR) is 85.5 cm³/mol. The molecule has 0 aromatic carbocycles. The SMILES string of the molecule is CC1CCC(C=CC(=O)C2CCC(C)C(C)C2)CC1C. The van der Waals surface area contributed by atoms with Crippen LogP contribution in [-0.2, 0) is 4.79 Å². The molecule has 2 rings (SSSR count). The molecule has 0 saturated heterocycles. The molecule has 0 aliphatic heterocycles. The molecule has 6 unspecified atom stereocenters. The number of hydrogen-bond donors (Lipinski definition) is 0. The molecule has 0 N–H and O–H groups in total. The van der Waals surface area contributed by atoms with E-state index in [-0.39, 0.29) is 0 Å². The molecule has 0 bridgehead atoms. The van der Waals surface area contributed by atoms with Crippen molar-refractivity contribution in [3.05, 3.63) is 12.2 Å². The molecule has 0 heterocycles. The molecule has 0 aromatic heterocycles. The van der Waals surface area contributed by atoms with Crippen LogP contribution in [0, 0.1) is 35.5 Å². The van der Waals surface area contributed by atoms with Gasteiger partial charge in [-0.2, -0.15) is 0 Å². The Morgan fingerprint density at radius 1 is 0.800 bits per heavy atom. The molecule has 0 aromatic rings. The average Bonchev–Trinajstić information content (AvgIpc) is 2.43. The number of carbonyl (C=O) groups excluding carboxylic acids is 1. The topological polar surface area (TPSA) is 17.1 Å². The van der Waals surface area contributed by atoms with E-state index in [1.54, 1.807) is 0 Å². The van der Waals surface area contributed by atoms with E-state index in [1.165, 1.54) is 25.7 Å². The highest BCUT2D eigenvalue weighted by Crippen LogP contribution is 2.35. The Hall–Kier alpha value is -0.590. The van der Waals surface area contributed by atoms with Crippen molar-refractivity contribution in [1.82, 2.24) is 0 Å². The first-order valence-corrected chi connectivity index (χ1v) is 8.69. The normalized spacial score (nSPS) is 42.8. The van der Waals surface area contributed by atoms with Gasteiger partial charge in [-0.25, -0.2) is 0 Å². The molecular weight excluding hydrogens is 244 g/mol. The average molecular weight is 276 g/mol. The minimum absolute atomic E-state index is 0.303. The molecule has 2 saturated carbocycles. The summed E-state index contributed by atoms with van der Waals surface area (Å²) in [5.41, 5.74) is 0. The van der Waals surface area contributed by atoms with Crippen molar-refractivity contribution in [3.8, 4) is 0 Å². The fraction of sp³-hybridized carbons (Fsp3) is 0.842. The first-order chi connectivity index (χ1) is 9.47. The molecule has 6 atom stereocenters. The standard InChI is InChI=1S/C19H32O/c1-13-5-7-17(11-15(13)3)8-10-19(20)18-9-6-14(2)16(4)12-18/h8,10,13-18H,5-7,9,11-12H2,1-4H3. The third kappa shape index (κ3) is 3.96. The molecule has 20 heavy (non-hydrogen) atoms. The summed E-state index contributed by atoms with van der Waals surface area (Å²) >= 11 is 0. The number of carbonyl (C=O) groups is 1. The third-order valence-corrected chi connectivity index (χ3v) is 6.17. The van der Waals surface area contributed by atoms with Gasteiger partial charge in [-0.1, -0.05) is 33.8 Å². The zero-order valence-electron chi connectivity index (χ0n) is 13.8. The van der Waals surface area contributed by atoms with Crippen molar-refractivity contribution in [2.45, 2.75) is 66.2 Å². The monoisotopic (exact) mass is 276 g/mol. The lowest BCUT2D eigenvalue weighted by Gasteiger charge is -2.31. The summed E-state index contributed by atoms with van der Waals surface area (Å²) in [6.07, 6.45) is 11.4. The highest BCUT2D eigenvalue weighted by Gasteiger charge is 2.28. The van der Waals surface area contributed by atoms with E-state index in [0.29, 0.717) is 23.5 Å². The molecule has 2 fully saturated rings. The van der Waals surface area contributed by atoms with Gasteiger partial charge in [0, 0.05) is 5.92 Å². The van der Waals surface area contributed by atoms with E-state index in [2.05, 4.69) is 33.8 Å². The molecule has 0 radical (unpaired) electrons. The van der Waals surface area contributed by atoms with Crippen LogP contribution in [0.2, 0.25) is 0 Å². The molecule has 1 nitrogen and oxygen atoms in total. The second-order valence-electron chi connectivity index (χ2n) is 7.75. The second-order valence-corrected chi connectivity index (χ2v) is 7.75. The fourth-order valence-corrected chi connectivity index (χ4v) is 3.94. The van der Waals surface area contributed by atoms with E-state index in [0.717, 1.165) is 30.6 Å². The molecular formula is C19H32O. The van der Waals surface area contributed by atoms with Crippen molar-refractivity contribution in [3.63, 3.8) is 0 Å². The number of hydrogen-bond acceptors (Lipinski definition) is 1. The van der Waals surface area contributed by atoms with Gasteiger partial charge in [0.2, 0.25) is 0 Å². The maximum absolute atomic E-state index is 12.4. The van der Waals surface area contributed by atoms with Crippen molar-refractivity contribution < 1.29 is 4.79 Å². The van der Waals surface area contributed by atoms with Gasteiger partial charge in [-0.05, 0) is 74.2 Å². The Labute approximate surface area is 125 Å². The maximum atomic E-state index is 12.4. The van der Waals surface area contributed by atoms with Gasteiger partial charge in [0.25, 0.3) is 0 Å². The van der Waals surface area contributed by atoms with E-state index >= 15 is 0 Å². The molecule has 0 spiro atoms. The predicted octanol–water partition coefficient (Wildman–Crippen LogP) is 5.26. The highest BCUT2D eigenvalue weighted by molar-refractivity contribution is 5.91. The van der Waals surface area contributed by atoms with E-state index < -0.39 is 0 Å². The van der Waals surface area contributed by atoms with Crippen molar-refractivity contribution in [2.24, 2.45) is 35.5 Å². The Kier molecular flexibility index (Phi) is 5.46. The Bertz CT molecular complexity index is 357. The first kappa shape index (κ1) is 15.8. The summed E-state index contributed by atoms with van der Waals surface area (Å²) < 4.78 is 0. The largest absolute Gasteiger partial charge is 0.295 e. The quantitative estimate of drug-likeness (QED) is 0.643. The van der Waals surface area contributed by atoms with Crippen LogP contribution in [0.5, 0.6) is 0 Å². The van der Waals surface area contributed by atoms with Crippen LogP contribution in [0.15, 0.2) is 12.2 Å². The molecule has 1 heteroatoms. The molecule has 2 aliphatic carbocycles. The summed E-state index contributed by atoms with van der Waals surface area (Å²) in [5, 5.41) is 0. The lowest BCUT2D eigenvalue weighted by molar-refractivity contribution is -0.119. The third-order valence-electron chi connectivity index (χ3n) is 6.17. The van der Waals surface area contributed by atoms with Crippen LogP contribution in [0.25, 0.3) is 0 Å². The lowest BCUT2D eigenvalue weighted by atomic mass is 9.73. The van der Waals surface area contributed by atoms with Gasteiger partial charge in [-0.3, -0.25) is 4.79 Å². The lowest BCUT2D eigenvalue weighted by Crippen LogP contribution is -2.25. The minimum Gasteiger partial charge on any atom is -0.295 e. The maximum Gasteiger partial charge on any atom is 0.158 e. The van der Waals surface area contributed by atoms with Crippen molar-refractivity contribution in [1.29, 1.82) is 0 Å². The van der Waals surface area contributed by atoms with Gasteiger partial charge in [0.05, 0.1) is 0 Å². The Morgan fingerprint density at radius 2 is 1.40 bits per heavy atom. The molecule has 0 amide bonds. The molecule has 2 aliphatic rings. The minimum atomic E-state index is 0.303. The fourth-order valence-electron chi connectivity index (χ4n) is 3.94. The number of allylic oxidation sites excluding steroid dienone is 2. The van der Waals surface area contributed by atoms with Crippen LogP contribution in [0.1, 0.15) is 66.2 Å². The van der Waals surface area contributed by atoms with Crippen LogP contribution >= 0.6 is 0 Å². The Balaban J connectivity index is 1.83. The summed E-state index contributed by atoms with van der Waals surface area (Å²) in [4.78, 5) is 12.4. The smallest absolute Gasteiger partial charge is 0.158 e. The Morgan fingerprint density at radius 3 is 2.00 bits per heavy atom. The molecule has 114 valence electrons. The van der Waals surface area contributed by atoms with Crippen LogP contribution in [0.3, 0.4) is 0 Å². The van der Waals surface area contributed by atoms with E-state index in [9.17, 15) is 4.79 Å².